The van der Waals surface area contributed by atoms with Crippen molar-refractivity contribution in [2.24, 2.45) is 5.92 Å². The first-order valence-electron chi connectivity index (χ1n) is 15.8. The molecule has 2 aliphatic heterocycles. The van der Waals surface area contributed by atoms with Crippen molar-refractivity contribution >= 4 is 11.9 Å². The lowest BCUT2D eigenvalue weighted by Gasteiger charge is -2.30. The predicted octanol–water partition coefficient (Wildman–Crippen LogP) is 4.37. The standard InChI is InChI=1S/C34H49N3O6/c1-4-5-18-36(19-9-8-17-35(2)3)32(39)22-37-21-28(26-15-16-30-31(20-26)43-24-42-30)33(34(40)41)29(37)14-10-13-25-11-6-7-12-27(25)23-38/h6-7,11-12,15-16,20,28-29,33,38H,4-5,8-10,13-14,17-19,21-24H2,1-3H3,(H,40,41)/t28-,29+,33-/m1/s1. The molecule has 43 heavy (non-hydrogen) atoms. The molecule has 236 valence electrons. The number of hydrogen-bond acceptors (Lipinski definition) is 7. The van der Waals surface area contributed by atoms with E-state index in [9.17, 15) is 19.8 Å². The zero-order valence-corrected chi connectivity index (χ0v) is 26.0. The number of carboxylic acids is 1. The first-order valence-corrected chi connectivity index (χ1v) is 15.8. The van der Waals surface area contributed by atoms with Crippen molar-refractivity contribution in [2.75, 3.05) is 53.6 Å². The highest BCUT2D eigenvalue weighted by molar-refractivity contribution is 5.79. The van der Waals surface area contributed by atoms with Crippen LogP contribution >= 0.6 is 0 Å². The summed E-state index contributed by atoms with van der Waals surface area (Å²) in [4.78, 5) is 32.9. The Labute approximate surface area is 256 Å². The molecule has 0 aliphatic carbocycles. The molecule has 0 unspecified atom stereocenters. The van der Waals surface area contributed by atoms with E-state index in [1.807, 2.05) is 47.4 Å². The van der Waals surface area contributed by atoms with Crippen LogP contribution in [-0.4, -0.2) is 96.4 Å². The van der Waals surface area contributed by atoms with Gasteiger partial charge in [0.1, 0.15) is 0 Å². The number of ether oxygens (including phenoxy) is 2. The minimum Gasteiger partial charge on any atom is -0.481 e. The van der Waals surface area contributed by atoms with Crippen LogP contribution in [0.25, 0.3) is 0 Å². The van der Waals surface area contributed by atoms with Crippen molar-refractivity contribution in [1.82, 2.24) is 14.7 Å². The maximum Gasteiger partial charge on any atom is 0.308 e. The van der Waals surface area contributed by atoms with E-state index < -0.39 is 11.9 Å². The van der Waals surface area contributed by atoms with Crippen LogP contribution in [0.2, 0.25) is 0 Å². The number of aliphatic hydroxyl groups excluding tert-OH is 1. The molecule has 2 N–H and O–H groups in total. The van der Waals surface area contributed by atoms with Gasteiger partial charge in [0.05, 0.1) is 19.1 Å². The molecule has 0 radical (unpaired) electrons. The van der Waals surface area contributed by atoms with Crippen molar-refractivity contribution in [2.45, 2.75) is 70.4 Å². The van der Waals surface area contributed by atoms with Crippen LogP contribution in [0.4, 0.5) is 0 Å². The lowest BCUT2D eigenvalue weighted by molar-refractivity contribution is -0.143. The Kier molecular flexibility index (Phi) is 12.3. The first-order chi connectivity index (χ1) is 20.8. The molecule has 1 fully saturated rings. The molecule has 0 spiro atoms. The number of rotatable bonds is 17. The van der Waals surface area contributed by atoms with E-state index in [2.05, 4.69) is 30.8 Å². The molecule has 0 bridgehead atoms. The highest BCUT2D eigenvalue weighted by atomic mass is 16.7. The summed E-state index contributed by atoms with van der Waals surface area (Å²) in [5.74, 6) is -0.407. The predicted molar refractivity (Wildman–Crippen MR) is 166 cm³/mol. The molecule has 2 heterocycles. The molecule has 1 amide bonds. The van der Waals surface area contributed by atoms with Crippen LogP contribution < -0.4 is 9.47 Å². The summed E-state index contributed by atoms with van der Waals surface area (Å²) in [6, 6.07) is 13.2. The number of carbonyl (C=O) groups is 2. The van der Waals surface area contributed by atoms with E-state index in [-0.39, 0.29) is 37.8 Å². The summed E-state index contributed by atoms with van der Waals surface area (Å²) in [6.45, 7) is 5.40. The quantitative estimate of drug-likeness (QED) is 0.260. The summed E-state index contributed by atoms with van der Waals surface area (Å²) in [6.07, 6.45) is 6.07. The van der Waals surface area contributed by atoms with Crippen molar-refractivity contribution in [3.05, 3.63) is 59.2 Å². The van der Waals surface area contributed by atoms with Crippen molar-refractivity contribution in [3.63, 3.8) is 0 Å². The van der Waals surface area contributed by atoms with Gasteiger partial charge in [-0.25, -0.2) is 0 Å². The van der Waals surface area contributed by atoms with Gasteiger partial charge >= 0.3 is 5.97 Å². The Balaban J connectivity index is 1.54. The van der Waals surface area contributed by atoms with Gasteiger partial charge in [0.25, 0.3) is 0 Å². The molecule has 1 saturated heterocycles. The fourth-order valence-corrected chi connectivity index (χ4v) is 6.51. The Hall–Kier alpha value is -3.14. The molecule has 2 aliphatic rings. The molecule has 9 nitrogen and oxygen atoms in total. The monoisotopic (exact) mass is 595 g/mol. The molecular weight excluding hydrogens is 546 g/mol. The smallest absolute Gasteiger partial charge is 0.308 e. The summed E-state index contributed by atoms with van der Waals surface area (Å²) in [5, 5.41) is 20.3. The minimum absolute atomic E-state index is 0.0215. The number of aliphatic hydroxyl groups is 1. The molecule has 2 aromatic rings. The molecule has 2 aromatic carbocycles. The minimum atomic E-state index is -0.843. The Bertz CT molecular complexity index is 1200. The Morgan fingerprint density at radius 1 is 0.953 bits per heavy atom. The van der Waals surface area contributed by atoms with Crippen LogP contribution in [0.3, 0.4) is 0 Å². The maximum atomic E-state index is 13.8. The highest BCUT2D eigenvalue weighted by Crippen LogP contribution is 2.43. The number of fused-ring (bicyclic) bond motifs is 1. The van der Waals surface area contributed by atoms with Crippen LogP contribution in [0.5, 0.6) is 11.5 Å². The number of nitrogens with zero attached hydrogens (tertiary/aromatic N) is 3. The average molecular weight is 596 g/mol. The number of carboxylic acid groups (broad SMARTS) is 1. The molecule has 0 saturated carbocycles. The summed E-state index contributed by atoms with van der Waals surface area (Å²) < 4.78 is 11.1. The third-order valence-electron chi connectivity index (χ3n) is 8.85. The highest BCUT2D eigenvalue weighted by Gasteiger charge is 2.47. The normalized spacial score (nSPS) is 19.7. The van der Waals surface area contributed by atoms with E-state index in [0.717, 1.165) is 74.8 Å². The fourth-order valence-electron chi connectivity index (χ4n) is 6.51. The largest absolute Gasteiger partial charge is 0.481 e. The van der Waals surface area contributed by atoms with Crippen molar-refractivity contribution in [1.29, 1.82) is 0 Å². The summed E-state index contributed by atoms with van der Waals surface area (Å²) in [7, 11) is 4.12. The van der Waals surface area contributed by atoms with Gasteiger partial charge in [0.15, 0.2) is 11.5 Å². The lowest BCUT2D eigenvalue weighted by atomic mass is 9.83. The topological polar surface area (TPSA) is 103 Å². The van der Waals surface area contributed by atoms with Gasteiger partial charge in [-0.3, -0.25) is 14.5 Å². The second kappa shape index (κ2) is 16.1. The van der Waals surface area contributed by atoms with Gasteiger partial charge in [-0.1, -0.05) is 43.7 Å². The van der Waals surface area contributed by atoms with Gasteiger partial charge < -0.3 is 29.5 Å². The van der Waals surface area contributed by atoms with E-state index in [0.29, 0.717) is 24.5 Å². The number of amides is 1. The molecule has 0 aromatic heterocycles. The van der Waals surface area contributed by atoms with Gasteiger partial charge in [0.2, 0.25) is 12.7 Å². The van der Waals surface area contributed by atoms with E-state index in [1.54, 1.807) is 0 Å². The van der Waals surface area contributed by atoms with Crippen LogP contribution in [0.15, 0.2) is 42.5 Å². The Morgan fingerprint density at radius 2 is 1.67 bits per heavy atom. The number of carbonyl (C=O) groups excluding carboxylic acids is 1. The molecule has 9 heteroatoms. The second-order valence-corrected chi connectivity index (χ2v) is 12.1. The lowest BCUT2D eigenvalue weighted by Crippen LogP contribution is -2.44. The SMILES string of the molecule is CCCCN(CCCCN(C)C)C(=O)CN1C[C@H](c2ccc3c(c2)OCO3)[C@@H](C(=O)O)[C@@H]1CCCc1ccccc1CO. The molecule has 3 atom stereocenters. The van der Waals surface area contributed by atoms with Gasteiger partial charge in [0, 0.05) is 31.6 Å². The van der Waals surface area contributed by atoms with Gasteiger partial charge in [-0.15, -0.1) is 0 Å². The third-order valence-corrected chi connectivity index (χ3v) is 8.85. The second-order valence-electron chi connectivity index (χ2n) is 12.1. The van der Waals surface area contributed by atoms with E-state index in [1.165, 1.54) is 0 Å². The summed E-state index contributed by atoms with van der Waals surface area (Å²) >= 11 is 0. The maximum absolute atomic E-state index is 13.8. The Morgan fingerprint density at radius 3 is 2.40 bits per heavy atom. The fraction of sp³-hybridized carbons (Fsp3) is 0.588. The third kappa shape index (κ3) is 8.71. The first kappa shape index (κ1) is 32.8. The number of aliphatic carboxylic acids is 1. The zero-order chi connectivity index (χ0) is 30.8. The van der Waals surface area contributed by atoms with Crippen LogP contribution in [0, 0.1) is 5.92 Å². The number of aryl methyl sites for hydroxylation is 1. The van der Waals surface area contributed by atoms with Crippen molar-refractivity contribution < 1.29 is 29.3 Å². The number of hydrogen-bond donors (Lipinski definition) is 2. The van der Waals surface area contributed by atoms with Crippen molar-refractivity contribution in [3.8, 4) is 11.5 Å². The number of benzene rings is 2. The van der Waals surface area contributed by atoms with Crippen LogP contribution in [-0.2, 0) is 22.6 Å². The van der Waals surface area contributed by atoms with E-state index >= 15 is 0 Å². The number of likely N-dealkylation sites (tertiary alicyclic amines) is 1. The molecular formula is C34H49N3O6. The van der Waals surface area contributed by atoms with Crippen LogP contribution in [0.1, 0.15) is 68.1 Å². The molecule has 4 rings (SSSR count). The number of unbranched alkanes of at least 4 members (excludes halogenated alkanes) is 2. The van der Waals surface area contributed by atoms with E-state index in [4.69, 9.17) is 9.47 Å². The summed E-state index contributed by atoms with van der Waals surface area (Å²) in [5.41, 5.74) is 2.87. The van der Waals surface area contributed by atoms with Gasteiger partial charge in [-0.05, 0) is 88.0 Å². The van der Waals surface area contributed by atoms with Gasteiger partial charge in [-0.2, -0.15) is 0 Å². The average Bonchev–Trinajstić information content (AvgIpc) is 3.61. The zero-order valence-electron chi connectivity index (χ0n) is 26.0.